The van der Waals surface area contributed by atoms with Crippen LogP contribution in [0.5, 0.6) is 0 Å². The molecule has 0 bridgehead atoms. The molecule has 110 valence electrons. The highest BCUT2D eigenvalue weighted by molar-refractivity contribution is 5.39. The third kappa shape index (κ3) is 2.83. The summed E-state index contributed by atoms with van der Waals surface area (Å²) in [5.74, 6) is 0. The van der Waals surface area contributed by atoms with Gasteiger partial charge in [0.2, 0.25) is 0 Å². The van der Waals surface area contributed by atoms with Crippen LogP contribution < -0.4 is 0 Å². The van der Waals surface area contributed by atoms with Crippen molar-refractivity contribution in [3.63, 3.8) is 0 Å². The lowest BCUT2D eigenvalue weighted by atomic mass is 10.2. The standard InChI is InChI=1S/C16H21N5/c1-4-21-13(2)14(9-17-21)10-19(3)11-15-12-20-8-6-5-7-16(20)18-15/h5-9,12H,4,10-11H2,1-3H3. The molecule has 5 heteroatoms. The summed E-state index contributed by atoms with van der Waals surface area (Å²) >= 11 is 0. The van der Waals surface area contributed by atoms with E-state index in [-0.39, 0.29) is 0 Å². The molecule has 0 aromatic carbocycles. The van der Waals surface area contributed by atoms with E-state index in [1.54, 1.807) is 0 Å². The number of pyridine rings is 1. The van der Waals surface area contributed by atoms with Crippen molar-refractivity contribution >= 4 is 5.65 Å². The highest BCUT2D eigenvalue weighted by Crippen LogP contribution is 2.12. The second kappa shape index (κ2) is 5.69. The number of fused-ring (bicyclic) bond motifs is 1. The Labute approximate surface area is 124 Å². The lowest BCUT2D eigenvalue weighted by Gasteiger charge is -2.14. The maximum absolute atomic E-state index is 4.64. The Kier molecular flexibility index (Phi) is 3.75. The molecule has 0 atom stereocenters. The van der Waals surface area contributed by atoms with Crippen LogP contribution in [-0.4, -0.2) is 31.1 Å². The van der Waals surface area contributed by atoms with Crippen LogP contribution in [0, 0.1) is 6.92 Å². The molecule has 3 aromatic rings. The van der Waals surface area contributed by atoms with Gasteiger partial charge in [0.25, 0.3) is 0 Å². The summed E-state index contributed by atoms with van der Waals surface area (Å²) in [4.78, 5) is 6.91. The Balaban J connectivity index is 1.70. The Morgan fingerprint density at radius 2 is 2.10 bits per heavy atom. The van der Waals surface area contributed by atoms with Crippen molar-refractivity contribution in [2.75, 3.05) is 7.05 Å². The van der Waals surface area contributed by atoms with Gasteiger partial charge in [0, 0.05) is 43.3 Å². The number of aromatic nitrogens is 4. The normalized spacial score (nSPS) is 11.6. The number of hydrogen-bond donors (Lipinski definition) is 0. The van der Waals surface area contributed by atoms with Crippen molar-refractivity contribution in [1.82, 2.24) is 24.1 Å². The molecule has 0 spiro atoms. The number of rotatable bonds is 5. The van der Waals surface area contributed by atoms with E-state index in [4.69, 9.17) is 0 Å². The average molecular weight is 283 g/mol. The largest absolute Gasteiger partial charge is 0.307 e. The van der Waals surface area contributed by atoms with Crippen LogP contribution in [0.4, 0.5) is 0 Å². The summed E-state index contributed by atoms with van der Waals surface area (Å²) in [6.45, 7) is 6.88. The lowest BCUT2D eigenvalue weighted by molar-refractivity contribution is 0.315. The summed E-state index contributed by atoms with van der Waals surface area (Å²) in [6, 6.07) is 6.06. The monoisotopic (exact) mass is 283 g/mol. The van der Waals surface area contributed by atoms with Gasteiger partial charge in [0.15, 0.2) is 0 Å². The van der Waals surface area contributed by atoms with Gasteiger partial charge < -0.3 is 4.40 Å². The fraction of sp³-hybridized carbons (Fsp3) is 0.375. The molecule has 5 nitrogen and oxygen atoms in total. The maximum atomic E-state index is 4.64. The van der Waals surface area contributed by atoms with E-state index in [9.17, 15) is 0 Å². The summed E-state index contributed by atoms with van der Waals surface area (Å²) < 4.78 is 4.09. The second-order valence-electron chi connectivity index (χ2n) is 5.44. The van der Waals surface area contributed by atoms with Gasteiger partial charge >= 0.3 is 0 Å². The predicted octanol–water partition coefficient (Wildman–Crippen LogP) is 2.49. The molecule has 0 aliphatic carbocycles. The molecule has 0 saturated carbocycles. The molecule has 0 unspecified atom stereocenters. The van der Waals surface area contributed by atoms with Crippen LogP contribution in [-0.2, 0) is 19.6 Å². The van der Waals surface area contributed by atoms with E-state index in [0.717, 1.165) is 31.0 Å². The maximum Gasteiger partial charge on any atom is 0.137 e. The van der Waals surface area contributed by atoms with Crippen molar-refractivity contribution in [3.8, 4) is 0 Å². The van der Waals surface area contributed by atoms with Gasteiger partial charge in [-0.15, -0.1) is 0 Å². The molecule has 0 radical (unpaired) electrons. The first kappa shape index (κ1) is 13.8. The molecule has 0 N–H and O–H groups in total. The SMILES string of the molecule is CCn1ncc(CN(C)Cc2cn3ccccc3n2)c1C. The number of imidazole rings is 1. The Hall–Kier alpha value is -2.14. The molecule has 3 heterocycles. The molecule has 0 aliphatic rings. The first-order chi connectivity index (χ1) is 10.2. The van der Waals surface area contributed by atoms with E-state index in [2.05, 4.69) is 46.5 Å². The lowest BCUT2D eigenvalue weighted by Crippen LogP contribution is -2.18. The van der Waals surface area contributed by atoms with E-state index in [1.807, 2.05) is 35.3 Å². The van der Waals surface area contributed by atoms with Crippen molar-refractivity contribution in [3.05, 3.63) is 53.7 Å². The predicted molar refractivity (Wildman–Crippen MR) is 83.0 cm³/mol. The molecule has 3 rings (SSSR count). The van der Waals surface area contributed by atoms with Crippen LogP contribution in [0.15, 0.2) is 36.8 Å². The van der Waals surface area contributed by atoms with Crippen molar-refractivity contribution in [2.45, 2.75) is 33.5 Å². The van der Waals surface area contributed by atoms with E-state index in [0.29, 0.717) is 0 Å². The van der Waals surface area contributed by atoms with Crippen LogP contribution >= 0.6 is 0 Å². The van der Waals surface area contributed by atoms with Crippen LogP contribution in [0.25, 0.3) is 5.65 Å². The first-order valence-electron chi connectivity index (χ1n) is 7.30. The molecule has 0 saturated heterocycles. The number of nitrogens with zero attached hydrogens (tertiary/aromatic N) is 5. The van der Waals surface area contributed by atoms with Crippen LogP contribution in [0.2, 0.25) is 0 Å². The third-order valence-electron chi connectivity index (χ3n) is 3.79. The summed E-state index contributed by atoms with van der Waals surface area (Å²) in [5.41, 5.74) is 4.61. The van der Waals surface area contributed by atoms with E-state index >= 15 is 0 Å². The first-order valence-corrected chi connectivity index (χ1v) is 7.30. The van der Waals surface area contributed by atoms with Gasteiger partial charge in [0.05, 0.1) is 11.9 Å². The Morgan fingerprint density at radius 1 is 1.24 bits per heavy atom. The Bertz CT molecular complexity index is 707. The van der Waals surface area contributed by atoms with Crippen molar-refractivity contribution in [1.29, 1.82) is 0 Å². The van der Waals surface area contributed by atoms with Crippen LogP contribution in [0.1, 0.15) is 23.9 Å². The number of hydrogen-bond acceptors (Lipinski definition) is 3. The zero-order valence-corrected chi connectivity index (χ0v) is 12.8. The van der Waals surface area contributed by atoms with Gasteiger partial charge in [-0.2, -0.15) is 5.10 Å². The molecule has 0 amide bonds. The molecule has 3 aromatic heterocycles. The highest BCUT2D eigenvalue weighted by Gasteiger charge is 2.10. The summed E-state index contributed by atoms with van der Waals surface area (Å²) in [6.07, 6.45) is 6.09. The summed E-state index contributed by atoms with van der Waals surface area (Å²) in [5, 5.41) is 4.40. The van der Waals surface area contributed by atoms with Gasteiger partial charge in [-0.25, -0.2) is 4.98 Å². The number of aryl methyl sites for hydroxylation is 1. The molecular weight excluding hydrogens is 262 g/mol. The third-order valence-corrected chi connectivity index (χ3v) is 3.79. The summed E-state index contributed by atoms with van der Waals surface area (Å²) in [7, 11) is 2.12. The molecule has 21 heavy (non-hydrogen) atoms. The minimum atomic E-state index is 0.832. The minimum absolute atomic E-state index is 0.832. The molecule has 0 fully saturated rings. The highest BCUT2D eigenvalue weighted by atomic mass is 15.3. The van der Waals surface area contributed by atoms with Gasteiger partial charge in [-0.05, 0) is 33.0 Å². The zero-order chi connectivity index (χ0) is 14.8. The topological polar surface area (TPSA) is 38.4 Å². The average Bonchev–Trinajstić information content (AvgIpc) is 3.02. The fourth-order valence-electron chi connectivity index (χ4n) is 2.65. The van der Waals surface area contributed by atoms with Crippen molar-refractivity contribution in [2.24, 2.45) is 0 Å². The molecule has 0 aliphatic heterocycles. The van der Waals surface area contributed by atoms with Crippen LogP contribution in [0.3, 0.4) is 0 Å². The van der Waals surface area contributed by atoms with Gasteiger partial charge in [-0.3, -0.25) is 9.58 Å². The Morgan fingerprint density at radius 3 is 2.81 bits per heavy atom. The van der Waals surface area contributed by atoms with Gasteiger partial charge in [0.1, 0.15) is 5.65 Å². The minimum Gasteiger partial charge on any atom is -0.307 e. The zero-order valence-electron chi connectivity index (χ0n) is 12.8. The fourth-order valence-corrected chi connectivity index (χ4v) is 2.65. The van der Waals surface area contributed by atoms with E-state index in [1.165, 1.54) is 11.3 Å². The van der Waals surface area contributed by atoms with Gasteiger partial charge in [-0.1, -0.05) is 6.07 Å². The molecular formula is C16H21N5. The second-order valence-corrected chi connectivity index (χ2v) is 5.44. The smallest absolute Gasteiger partial charge is 0.137 e. The van der Waals surface area contributed by atoms with Crippen molar-refractivity contribution < 1.29 is 0 Å². The van der Waals surface area contributed by atoms with E-state index < -0.39 is 0 Å². The quantitative estimate of drug-likeness (QED) is 0.722.